The van der Waals surface area contributed by atoms with Gasteiger partial charge in [-0.15, -0.1) is 10.2 Å². The van der Waals surface area contributed by atoms with Gasteiger partial charge >= 0.3 is 5.97 Å². The Labute approximate surface area is 168 Å². The van der Waals surface area contributed by atoms with Crippen molar-refractivity contribution in [1.29, 1.82) is 0 Å². The van der Waals surface area contributed by atoms with E-state index in [1.54, 1.807) is 0 Å². The Balaban J connectivity index is 1.64. The van der Waals surface area contributed by atoms with E-state index in [2.05, 4.69) is 26.0 Å². The van der Waals surface area contributed by atoms with Crippen molar-refractivity contribution >= 4 is 5.97 Å². The maximum Gasteiger partial charge on any atom is 0.335 e. The molecule has 8 nitrogen and oxygen atoms in total. The third-order valence-corrected chi connectivity index (χ3v) is 5.12. The van der Waals surface area contributed by atoms with Gasteiger partial charge in [-0.05, 0) is 35.8 Å². The maximum absolute atomic E-state index is 11.7. The van der Waals surface area contributed by atoms with E-state index in [-0.39, 0.29) is 6.04 Å². The molecule has 29 heavy (non-hydrogen) atoms. The number of allylic oxidation sites excluding steroid dienone is 1. The zero-order valence-corrected chi connectivity index (χ0v) is 16.3. The first-order chi connectivity index (χ1) is 14.1. The lowest BCUT2D eigenvalue weighted by Gasteiger charge is -2.21. The number of aromatic amines is 1. The van der Waals surface area contributed by atoms with Crippen molar-refractivity contribution in [2.45, 2.75) is 26.3 Å². The first-order valence-corrected chi connectivity index (χ1v) is 9.50. The van der Waals surface area contributed by atoms with E-state index < -0.39 is 5.97 Å². The van der Waals surface area contributed by atoms with E-state index in [1.165, 1.54) is 0 Å². The first kappa shape index (κ1) is 18.8. The Morgan fingerprint density at radius 3 is 2.48 bits per heavy atom. The van der Waals surface area contributed by atoms with Gasteiger partial charge in [-0.3, -0.25) is 0 Å². The molecule has 1 unspecified atom stereocenters. The molecule has 3 aromatic rings. The number of likely N-dealkylation sites (N-methyl/N-ethyl adjacent to an activating group) is 1. The topological polar surface area (TPSA) is 107 Å². The van der Waals surface area contributed by atoms with E-state index >= 15 is 0 Å². The molecule has 1 aliphatic heterocycles. The van der Waals surface area contributed by atoms with Crippen LogP contribution in [0, 0.1) is 0 Å². The normalized spacial score (nSPS) is 16.5. The summed E-state index contributed by atoms with van der Waals surface area (Å²) in [6.07, 6.45) is 0.555. The standard InChI is InChI=1S/C21H22N6O2/c1-3-27-18(19(21(28)29)13(2)24-27)12-14-8-10-15(11-9-14)16-6-4-5-7-17(16)20-22-25-26-23-20/h4-11,13,24H,3,12H2,1-2H3,(H,28,29)(H,22,23,25,26). The maximum atomic E-state index is 11.7. The van der Waals surface area contributed by atoms with Crippen LogP contribution in [0.2, 0.25) is 0 Å². The summed E-state index contributed by atoms with van der Waals surface area (Å²) in [5.41, 5.74) is 8.46. The van der Waals surface area contributed by atoms with Crippen molar-refractivity contribution in [3.63, 3.8) is 0 Å². The molecule has 0 radical (unpaired) electrons. The van der Waals surface area contributed by atoms with Crippen LogP contribution in [0.3, 0.4) is 0 Å². The lowest BCUT2D eigenvalue weighted by Crippen LogP contribution is -2.36. The summed E-state index contributed by atoms with van der Waals surface area (Å²) < 4.78 is 0. The van der Waals surface area contributed by atoms with E-state index in [4.69, 9.17) is 0 Å². The van der Waals surface area contributed by atoms with Crippen molar-refractivity contribution in [3.8, 4) is 22.5 Å². The summed E-state index contributed by atoms with van der Waals surface area (Å²) in [5, 5.41) is 25.8. The average molecular weight is 390 g/mol. The number of aromatic nitrogens is 4. The molecule has 0 saturated carbocycles. The highest BCUT2D eigenvalue weighted by molar-refractivity contribution is 5.89. The lowest BCUT2D eigenvalue weighted by molar-refractivity contribution is -0.132. The molecule has 4 rings (SSSR count). The number of rotatable bonds is 6. The monoisotopic (exact) mass is 390 g/mol. The van der Waals surface area contributed by atoms with Crippen LogP contribution in [0.4, 0.5) is 0 Å². The number of nitrogens with zero attached hydrogens (tertiary/aromatic N) is 4. The molecule has 0 aliphatic carbocycles. The number of hydrogen-bond acceptors (Lipinski definition) is 6. The molecule has 2 aromatic carbocycles. The van der Waals surface area contributed by atoms with Crippen molar-refractivity contribution < 1.29 is 9.90 Å². The van der Waals surface area contributed by atoms with E-state index in [1.807, 2.05) is 67.4 Å². The van der Waals surface area contributed by atoms with Crippen LogP contribution in [-0.4, -0.2) is 49.3 Å². The van der Waals surface area contributed by atoms with Gasteiger partial charge in [0.1, 0.15) is 0 Å². The van der Waals surface area contributed by atoms with Gasteiger partial charge < -0.3 is 10.1 Å². The number of carbonyl (C=O) groups is 1. The number of hydrazine groups is 1. The highest BCUT2D eigenvalue weighted by Gasteiger charge is 2.31. The molecular weight excluding hydrogens is 368 g/mol. The predicted octanol–water partition coefficient (Wildman–Crippen LogP) is 2.64. The fraction of sp³-hybridized carbons (Fsp3) is 0.238. The fourth-order valence-electron chi connectivity index (χ4n) is 3.75. The SMILES string of the molecule is CCN1NC(C)C(C(=O)O)=C1Cc1ccc(-c2ccccc2-c2nn[nH]n2)cc1. The minimum absolute atomic E-state index is 0.205. The summed E-state index contributed by atoms with van der Waals surface area (Å²) in [6.45, 7) is 4.58. The molecular formula is C21H22N6O2. The van der Waals surface area contributed by atoms with Gasteiger partial charge in [-0.25, -0.2) is 10.2 Å². The number of aliphatic carboxylic acids is 1. The van der Waals surface area contributed by atoms with Gasteiger partial charge in [0.05, 0.1) is 11.6 Å². The van der Waals surface area contributed by atoms with Crippen molar-refractivity contribution in [1.82, 2.24) is 31.1 Å². The molecule has 8 heteroatoms. The summed E-state index contributed by atoms with van der Waals surface area (Å²) in [6, 6.07) is 15.8. The largest absolute Gasteiger partial charge is 0.478 e. The summed E-state index contributed by atoms with van der Waals surface area (Å²) in [7, 11) is 0. The average Bonchev–Trinajstić information content (AvgIpc) is 3.36. The first-order valence-electron chi connectivity index (χ1n) is 9.50. The fourth-order valence-corrected chi connectivity index (χ4v) is 3.75. The summed E-state index contributed by atoms with van der Waals surface area (Å²) >= 11 is 0. The van der Waals surface area contributed by atoms with E-state index in [0.29, 0.717) is 24.4 Å². The Morgan fingerprint density at radius 1 is 1.14 bits per heavy atom. The molecule has 0 bridgehead atoms. The third-order valence-electron chi connectivity index (χ3n) is 5.12. The highest BCUT2D eigenvalue weighted by atomic mass is 16.4. The Bertz CT molecular complexity index is 1040. The predicted molar refractivity (Wildman–Crippen MR) is 108 cm³/mol. The number of carboxylic acid groups (broad SMARTS) is 1. The zero-order chi connectivity index (χ0) is 20.4. The number of tetrazole rings is 1. The molecule has 0 saturated heterocycles. The van der Waals surface area contributed by atoms with E-state index in [9.17, 15) is 9.90 Å². The second-order valence-electron chi connectivity index (χ2n) is 6.92. The number of carboxylic acids is 1. The van der Waals surface area contributed by atoms with Gasteiger partial charge in [-0.2, -0.15) is 5.21 Å². The van der Waals surface area contributed by atoms with Crippen LogP contribution in [0.1, 0.15) is 19.4 Å². The quantitative estimate of drug-likeness (QED) is 0.594. The number of nitrogens with one attached hydrogen (secondary N) is 2. The van der Waals surface area contributed by atoms with Gasteiger partial charge in [0.25, 0.3) is 0 Å². The molecule has 0 amide bonds. The van der Waals surface area contributed by atoms with Crippen LogP contribution < -0.4 is 5.43 Å². The van der Waals surface area contributed by atoms with Gasteiger partial charge in [-0.1, -0.05) is 48.5 Å². The van der Waals surface area contributed by atoms with Crippen molar-refractivity contribution in [2.24, 2.45) is 0 Å². The zero-order valence-electron chi connectivity index (χ0n) is 16.3. The van der Waals surface area contributed by atoms with Gasteiger partial charge in [0.15, 0.2) is 0 Å². The molecule has 0 spiro atoms. The molecule has 0 fully saturated rings. The van der Waals surface area contributed by atoms with Crippen LogP contribution in [0.25, 0.3) is 22.5 Å². The van der Waals surface area contributed by atoms with Crippen LogP contribution in [0.5, 0.6) is 0 Å². The Kier molecular flexibility index (Phi) is 5.09. The number of hydrogen-bond donors (Lipinski definition) is 3. The van der Waals surface area contributed by atoms with Crippen LogP contribution in [-0.2, 0) is 11.2 Å². The minimum Gasteiger partial charge on any atom is -0.478 e. The Hall–Kier alpha value is -3.52. The van der Waals surface area contributed by atoms with E-state index in [0.717, 1.165) is 28.0 Å². The lowest BCUT2D eigenvalue weighted by atomic mass is 9.96. The third kappa shape index (κ3) is 3.62. The number of benzene rings is 2. The van der Waals surface area contributed by atoms with Gasteiger partial charge in [0, 0.05) is 24.2 Å². The van der Waals surface area contributed by atoms with Crippen LogP contribution >= 0.6 is 0 Å². The smallest absolute Gasteiger partial charge is 0.335 e. The molecule has 1 atom stereocenters. The molecule has 1 aliphatic rings. The van der Waals surface area contributed by atoms with Crippen molar-refractivity contribution in [3.05, 3.63) is 65.4 Å². The highest BCUT2D eigenvalue weighted by Crippen LogP contribution is 2.31. The van der Waals surface area contributed by atoms with Crippen LogP contribution in [0.15, 0.2) is 59.8 Å². The minimum atomic E-state index is -0.874. The molecule has 148 valence electrons. The number of H-pyrrole nitrogens is 1. The summed E-state index contributed by atoms with van der Waals surface area (Å²) in [5.74, 6) is -0.327. The van der Waals surface area contributed by atoms with Gasteiger partial charge in [0.2, 0.25) is 5.82 Å². The molecule has 1 aromatic heterocycles. The molecule has 3 N–H and O–H groups in total. The second kappa shape index (κ2) is 7.84. The Morgan fingerprint density at radius 2 is 1.86 bits per heavy atom. The molecule has 2 heterocycles. The van der Waals surface area contributed by atoms with Crippen molar-refractivity contribution in [2.75, 3.05) is 6.54 Å². The second-order valence-corrected chi connectivity index (χ2v) is 6.92. The summed E-state index contributed by atoms with van der Waals surface area (Å²) in [4.78, 5) is 11.7.